The highest BCUT2D eigenvalue weighted by atomic mass is 16.5. The number of hydrogen-bond acceptors (Lipinski definition) is 6. The predicted molar refractivity (Wildman–Crippen MR) is 64.9 cm³/mol. The lowest BCUT2D eigenvalue weighted by Crippen LogP contribution is -2.41. The van der Waals surface area contributed by atoms with Gasteiger partial charge in [0.2, 0.25) is 0 Å². The lowest BCUT2D eigenvalue weighted by atomic mass is 10.1. The first kappa shape index (κ1) is 15.0. The summed E-state index contributed by atoms with van der Waals surface area (Å²) in [5.74, 6) is -2.70. The molecule has 2 aliphatic heterocycles. The van der Waals surface area contributed by atoms with E-state index in [1.54, 1.807) is 0 Å². The standard InChI is InChI=1S/C8H11NO5.C3H5NO/c10-4-5(7(11)12)6(8(13)14)9-2-1-3-9;1-2-5-3-4-1/h10H,1-4H2,(H,11,12)(H,13,14);3H,1-2H2. The van der Waals surface area contributed by atoms with Crippen LogP contribution in [0.1, 0.15) is 6.42 Å². The van der Waals surface area contributed by atoms with Crippen molar-refractivity contribution in [2.45, 2.75) is 6.42 Å². The molecule has 0 saturated carbocycles. The van der Waals surface area contributed by atoms with Gasteiger partial charge in [-0.2, -0.15) is 0 Å². The van der Waals surface area contributed by atoms with Crippen LogP contribution < -0.4 is 0 Å². The number of carboxylic acids is 2. The zero-order valence-corrected chi connectivity index (χ0v) is 10.3. The number of hydrogen-bond donors (Lipinski definition) is 3. The highest BCUT2D eigenvalue weighted by Gasteiger charge is 2.28. The molecule has 2 rings (SSSR count). The number of rotatable bonds is 4. The Morgan fingerprint density at radius 1 is 1.26 bits per heavy atom. The summed E-state index contributed by atoms with van der Waals surface area (Å²) in [6, 6.07) is 0. The highest BCUT2D eigenvalue weighted by molar-refractivity contribution is 5.98. The molecule has 1 fully saturated rings. The van der Waals surface area contributed by atoms with Crippen LogP contribution in [0.25, 0.3) is 0 Å². The second kappa shape index (κ2) is 7.37. The molecule has 0 aromatic carbocycles. The monoisotopic (exact) mass is 272 g/mol. The molecule has 8 nitrogen and oxygen atoms in total. The van der Waals surface area contributed by atoms with Crippen LogP contribution in [-0.2, 0) is 14.3 Å². The molecule has 0 unspecified atom stereocenters. The Balaban J connectivity index is 0.000000300. The van der Waals surface area contributed by atoms with Crippen molar-refractivity contribution in [2.24, 2.45) is 4.99 Å². The van der Waals surface area contributed by atoms with Gasteiger partial charge in [0.05, 0.1) is 18.7 Å². The summed E-state index contributed by atoms with van der Waals surface area (Å²) in [7, 11) is 0. The van der Waals surface area contributed by atoms with Gasteiger partial charge < -0.3 is 25.0 Å². The fourth-order valence-corrected chi connectivity index (χ4v) is 1.50. The minimum atomic E-state index is -1.39. The summed E-state index contributed by atoms with van der Waals surface area (Å²) < 4.78 is 4.65. The Kier molecular flexibility index (Phi) is 5.80. The lowest BCUT2D eigenvalue weighted by molar-refractivity contribution is -0.138. The lowest BCUT2D eigenvalue weighted by Gasteiger charge is -2.33. The predicted octanol–water partition coefficient (Wildman–Crippen LogP) is -0.847. The Morgan fingerprint density at radius 2 is 1.95 bits per heavy atom. The number of aliphatic carboxylic acids is 2. The van der Waals surface area contributed by atoms with Crippen molar-refractivity contribution in [3.63, 3.8) is 0 Å². The van der Waals surface area contributed by atoms with Crippen LogP contribution in [0.15, 0.2) is 16.3 Å². The zero-order valence-electron chi connectivity index (χ0n) is 10.3. The average Bonchev–Trinajstić information content (AvgIpc) is 2.84. The smallest absolute Gasteiger partial charge is 0.352 e. The number of nitrogens with zero attached hydrogens (tertiary/aromatic N) is 2. The van der Waals surface area contributed by atoms with Gasteiger partial charge in [-0.1, -0.05) is 0 Å². The average molecular weight is 272 g/mol. The Labute approximate surface area is 109 Å². The van der Waals surface area contributed by atoms with E-state index in [0.29, 0.717) is 13.1 Å². The Hall–Kier alpha value is -2.09. The van der Waals surface area contributed by atoms with Gasteiger partial charge in [0, 0.05) is 13.1 Å². The van der Waals surface area contributed by atoms with Gasteiger partial charge in [-0.05, 0) is 6.42 Å². The van der Waals surface area contributed by atoms with Crippen molar-refractivity contribution < 1.29 is 29.6 Å². The minimum absolute atomic E-state index is 0.300. The van der Waals surface area contributed by atoms with Gasteiger partial charge in [-0.25, -0.2) is 9.59 Å². The van der Waals surface area contributed by atoms with E-state index in [0.717, 1.165) is 19.6 Å². The second-order valence-electron chi connectivity index (χ2n) is 3.82. The molecule has 106 valence electrons. The third-order valence-electron chi connectivity index (χ3n) is 2.56. The summed E-state index contributed by atoms with van der Waals surface area (Å²) in [6.07, 6.45) is 2.33. The molecule has 0 aromatic heterocycles. The first-order valence-corrected chi connectivity index (χ1v) is 5.73. The molecule has 0 radical (unpaired) electrons. The van der Waals surface area contributed by atoms with E-state index in [1.165, 1.54) is 11.3 Å². The van der Waals surface area contributed by atoms with E-state index in [9.17, 15) is 9.59 Å². The third kappa shape index (κ3) is 4.25. The van der Waals surface area contributed by atoms with Crippen LogP contribution >= 0.6 is 0 Å². The number of ether oxygens (including phenoxy) is 1. The summed E-state index contributed by atoms with van der Waals surface area (Å²) in [5, 5.41) is 26.2. The molecule has 0 bridgehead atoms. The first-order valence-electron chi connectivity index (χ1n) is 5.73. The molecule has 19 heavy (non-hydrogen) atoms. The molecule has 8 heteroatoms. The van der Waals surface area contributed by atoms with Crippen molar-refractivity contribution in [1.82, 2.24) is 4.90 Å². The summed E-state index contributed by atoms with van der Waals surface area (Å²) in [5.41, 5.74) is -0.761. The molecule has 0 spiro atoms. The van der Waals surface area contributed by atoms with Crippen LogP contribution in [0, 0.1) is 0 Å². The van der Waals surface area contributed by atoms with Crippen molar-refractivity contribution in [3.8, 4) is 0 Å². The maximum absolute atomic E-state index is 10.8. The van der Waals surface area contributed by atoms with E-state index in [4.69, 9.17) is 15.3 Å². The van der Waals surface area contributed by atoms with Gasteiger partial charge in [0.25, 0.3) is 0 Å². The first-order chi connectivity index (χ1) is 9.07. The normalized spacial score (nSPS) is 17.6. The zero-order chi connectivity index (χ0) is 14.3. The molecular formula is C11H16N2O6. The van der Waals surface area contributed by atoms with E-state index in [-0.39, 0.29) is 5.70 Å². The summed E-state index contributed by atoms with van der Waals surface area (Å²) in [6.45, 7) is 1.91. The maximum atomic E-state index is 10.8. The maximum Gasteiger partial charge on any atom is 0.352 e. The molecule has 1 saturated heterocycles. The van der Waals surface area contributed by atoms with Crippen molar-refractivity contribution in [2.75, 3.05) is 32.8 Å². The number of carboxylic acid groups (broad SMARTS) is 2. The van der Waals surface area contributed by atoms with Crippen molar-refractivity contribution >= 4 is 18.3 Å². The van der Waals surface area contributed by atoms with Gasteiger partial charge >= 0.3 is 11.9 Å². The number of aliphatic imine (C=N–C) groups is 1. The number of aliphatic hydroxyl groups is 1. The molecule has 0 amide bonds. The Bertz CT molecular complexity index is 394. The second-order valence-corrected chi connectivity index (χ2v) is 3.82. The SMILES string of the molecule is C1=NCCO1.O=C(O)C(CO)=C(C(=O)O)N1CCC1. The van der Waals surface area contributed by atoms with Crippen LogP contribution in [0.4, 0.5) is 0 Å². The Morgan fingerprint density at radius 3 is 2.16 bits per heavy atom. The van der Waals surface area contributed by atoms with Crippen LogP contribution in [0.5, 0.6) is 0 Å². The van der Waals surface area contributed by atoms with E-state index in [2.05, 4.69) is 9.73 Å². The van der Waals surface area contributed by atoms with E-state index in [1.807, 2.05) is 0 Å². The van der Waals surface area contributed by atoms with Gasteiger partial charge in [0.1, 0.15) is 12.3 Å². The van der Waals surface area contributed by atoms with Gasteiger partial charge in [-0.15, -0.1) is 0 Å². The topological polar surface area (TPSA) is 120 Å². The molecule has 0 atom stereocenters. The number of carbonyl (C=O) groups is 2. The van der Waals surface area contributed by atoms with E-state index < -0.39 is 24.1 Å². The molecule has 2 heterocycles. The largest absolute Gasteiger partial charge is 0.482 e. The molecular weight excluding hydrogens is 256 g/mol. The quantitative estimate of drug-likeness (QED) is 0.570. The van der Waals surface area contributed by atoms with E-state index >= 15 is 0 Å². The summed E-state index contributed by atoms with van der Waals surface area (Å²) >= 11 is 0. The molecule has 0 aliphatic carbocycles. The van der Waals surface area contributed by atoms with Crippen LogP contribution in [0.2, 0.25) is 0 Å². The van der Waals surface area contributed by atoms with Crippen molar-refractivity contribution in [3.05, 3.63) is 11.3 Å². The molecule has 3 N–H and O–H groups in total. The van der Waals surface area contributed by atoms with Gasteiger partial charge in [0.15, 0.2) is 6.40 Å². The number of likely N-dealkylation sites (tertiary alicyclic amines) is 1. The fraction of sp³-hybridized carbons (Fsp3) is 0.545. The fourth-order valence-electron chi connectivity index (χ4n) is 1.50. The van der Waals surface area contributed by atoms with Crippen LogP contribution in [0.3, 0.4) is 0 Å². The van der Waals surface area contributed by atoms with Crippen molar-refractivity contribution in [1.29, 1.82) is 0 Å². The molecule has 0 aromatic rings. The summed E-state index contributed by atoms with van der Waals surface area (Å²) in [4.78, 5) is 26.5. The van der Waals surface area contributed by atoms with Gasteiger partial charge in [-0.3, -0.25) is 4.99 Å². The van der Waals surface area contributed by atoms with Crippen LogP contribution in [-0.4, -0.2) is 71.4 Å². The number of aliphatic hydroxyl groups excluding tert-OH is 1. The highest BCUT2D eigenvalue weighted by Crippen LogP contribution is 2.18. The molecule has 2 aliphatic rings. The minimum Gasteiger partial charge on any atom is -0.482 e. The third-order valence-corrected chi connectivity index (χ3v) is 2.56.